The molecular weight excluding hydrogens is 306 g/mol. The second-order valence-corrected chi connectivity index (χ2v) is 5.02. The van der Waals surface area contributed by atoms with E-state index in [1.807, 2.05) is 0 Å². The molecule has 1 heterocycles. The van der Waals surface area contributed by atoms with Crippen LogP contribution < -0.4 is 5.43 Å². The third kappa shape index (κ3) is 7.73. The van der Waals surface area contributed by atoms with Crippen LogP contribution in [-0.2, 0) is 14.3 Å². The third-order valence-corrected chi connectivity index (χ3v) is 3.26. The predicted molar refractivity (Wildman–Crippen MR) is 84.7 cm³/mol. The second-order valence-electron chi connectivity index (χ2n) is 4.67. The number of carbonyl (C=O) groups excluding carboxylic acids is 2. The molecule has 6 nitrogen and oxygen atoms in total. The highest BCUT2D eigenvalue weighted by Crippen LogP contribution is 2.08. The number of aromatic nitrogens is 1. The van der Waals surface area contributed by atoms with E-state index >= 15 is 0 Å². The van der Waals surface area contributed by atoms with Crippen molar-refractivity contribution in [1.82, 2.24) is 10.4 Å². The van der Waals surface area contributed by atoms with Crippen LogP contribution in [0.15, 0.2) is 23.4 Å². The topological polar surface area (TPSA) is 80.7 Å². The number of hydrogen-bond acceptors (Lipinski definition) is 5. The van der Waals surface area contributed by atoms with Crippen molar-refractivity contribution >= 4 is 29.7 Å². The molecular formula is C15H20ClN3O3. The van der Waals surface area contributed by atoms with Crippen molar-refractivity contribution in [3.63, 3.8) is 0 Å². The Morgan fingerprint density at radius 3 is 2.73 bits per heavy atom. The van der Waals surface area contributed by atoms with Crippen LogP contribution in [-0.4, -0.2) is 30.2 Å². The fraction of sp³-hybridized carbons (Fsp3) is 0.467. The largest absolute Gasteiger partial charge is 0.469 e. The molecule has 0 aliphatic carbocycles. The number of halogens is 1. The molecule has 1 amide bonds. The molecule has 0 saturated heterocycles. The molecule has 1 N–H and O–H groups in total. The number of ether oxygens (including phenoxy) is 1. The zero-order valence-corrected chi connectivity index (χ0v) is 13.3. The first-order valence-electron chi connectivity index (χ1n) is 7.12. The minimum atomic E-state index is -0.193. The molecule has 0 aliphatic rings. The Labute approximate surface area is 134 Å². The number of rotatable bonds is 9. The van der Waals surface area contributed by atoms with Crippen molar-refractivity contribution in [3.05, 3.63) is 29.0 Å². The van der Waals surface area contributed by atoms with Crippen LogP contribution >= 0.6 is 11.6 Å². The molecule has 0 saturated carbocycles. The van der Waals surface area contributed by atoms with Gasteiger partial charge in [-0.3, -0.25) is 9.59 Å². The smallest absolute Gasteiger partial charge is 0.305 e. The highest BCUT2D eigenvalue weighted by atomic mass is 35.5. The molecule has 0 bridgehead atoms. The van der Waals surface area contributed by atoms with E-state index in [0.29, 0.717) is 23.6 Å². The quantitative estimate of drug-likeness (QED) is 0.249. The van der Waals surface area contributed by atoms with Gasteiger partial charge in [-0.1, -0.05) is 24.4 Å². The summed E-state index contributed by atoms with van der Waals surface area (Å²) >= 11 is 5.86. The van der Waals surface area contributed by atoms with E-state index in [9.17, 15) is 9.59 Å². The van der Waals surface area contributed by atoms with E-state index in [1.54, 1.807) is 18.3 Å². The molecule has 1 aromatic rings. The van der Waals surface area contributed by atoms with Crippen molar-refractivity contribution in [1.29, 1.82) is 0 Å². The fourth-order valence-electron chi connectivity index (χ4n) is 1.73. The number of carbonyl (C=O) groups is 2. The SMILES string of the molecule is COC(=O)CCCCCCC(=O)N/N=C/c1cccnc1Cl. The molecule has 7 heteroatoms. The van der Waals surface area contributed by atoms with Crippen LogP contribution in [0, 0.1) is 0 Å². The summed E-state index contributed by atoms with van der Waals surface area (Å²) in [6.07, 6.45) is 7.21. The molecule has 1 rings (SSSR count). The Kier molecular flexibility index (Phi) is 8.83. The van der Waals surface area contributed by atoms with Gasteiger partial charge in [0.2, 0.25) is 5.91 Å². The summed E-state index contributed by atoms with van der Waals surface area (Å²) in [5.41, 5.74) is 3.09. The van der Waals surface area contributed by atoms with Gasteiger partial charge >= 0.3 is 5.97 Å². The van der Waals surface area contributed by atoms with Gasteiger partial charge in [-0.05, 0) is 25.0 Å². The Balaban J connectivity index is 2.11. The summed E-state index contributed by atoms with van der Waals surface area (Å²) in [6.45, 7) is 0. The Morgan fingerprint density at radius 1 is 1.32 bits per heavy atom. The molecule has 0 spiro atoms. The van der Waals surface area contributed by atoms with Gasteiger partial charge in [0.1, 0.15) is 5.15 Å². The summed E-state index contributed by atoms with van der Waals surface area (Å²) in [5.74, 6) is -0.342. The van der Waals surface area contributed by atoms with Crippen LogP contribution in [0.1, 0.15) is 44.1 Å². The minimum absolute atomic E-state index is 0.149. The van der Waals surface area contributed by atoms with Gasteiger partial charge < -0.3 is 4.74 Å². The van der Waals surface area contributed by atoms with Crippen molar-refractivity contribution in [2.24, 2.45) is 5.10 Å². The van der Waals surface area contributed by atoms with Crippen LogP contribution in [0.2, 0.25) is 5.15 Å². The lowest BCUT2D eigenvalue weighted by atomic mass is 10.1. The predicted octanol–water partition coefficient (Wildman–Crippen LogP) is 2.70. The molecule has 0 atom stereocenters. The van der Waals surface area contributed by atoms with E-state index in [0.717, 1.165) is 25.7 Å². The zero-order valence-electron chi connectivity index (χ0n) is 12.5. The molecule has 22 heavy (non-hydrogen) atoms. The number of amides is 1. The molecule has 1 aromatic heterocycles. The van der Waals surface area contributed by atoms with Gasteiger partial charge in [-0.2, -0.15) is 5.10 Å². The molecule has 0 radical (unpaired) electrons. The molecule has 0 fully saturated rings. The fourth-order valence-corrected chi connectivity index (χ4v) is 1.90. The third-order valence-electron chi connectivity index (χ3n) is 2.94. The van der Waals surface area contributed by atoms with Crippen molar-refractivity contribution in [3.8, 4) is 0 Å². The average Bonchev–Trinajstić information content (AvgIpc) is 2.52. The monoisotopic (exact) mass is 325 g/mol. The number of nitrogens with one attached hydrogen (secondary N) is 1. The molecule has 120 valence electrons. The van der Waals surface area contributed by atoms with Gasteiger partial charge in [0.15, 0.2) is 0 Å². The van der Waals surface area contributed by atoms with E-state index < -0.39 is 0 Å². The van der Waals surface area contributed by atoms with E-state index in [-0.39, 0.29) is 11.9 Å². The normalized spacial score (nSPS) is 10.6. The summed E-state index contributed by atoms with van der Waals surface area (Å²) in [5, 5.41) is 4.18. The maximum atomic E-state index is 11.6. The number of hydrazone groups is 1. The van der Waals surface area contributed by atoms with Crippen molar-refractivity contribution < 1.29 is 14.3 Å². The first-order chi connectivity index (χ1) is 10.6. The van der Waals surface area contributed by atoms with Crippen LogP contribution in [0.3, 0.4) is 0 Å². The van der Waals surface area contributed by atoms with Crippen molar-refractivity contribution in [2.75, 3.05) is 7.11 Å². The summed E-state index contributed by atoms with van der Waals surface area (Å²) < 4.78 is 4.55. The Morgan fingerprint density at radius 2 is 2.05 bits per heavy atom. The number of nitrogens with zero attached hydrogens (tertiary/aromatic N) is 2. The van der Waals surface area contributed by atoms with Crippen LogP contribution in [0.4, 0.5) is 0 Å². The maximum Gasteiger partial charge on any atom is 0.305 e. The summed E-state index contributed by atoms with van der Waals surface area (Å²) in [4.78, 5) is 26.4. The number of pyridine rings is 1. The lowest BCUT2D eigenvalue weighted by Crippen LogP contribution is -2.16. The highest BCUT2D eigenvalue weighted by Gasteiger charge is 2.02. The standard InChI is InChI=1S/C15H20ClN3O3/c1-22-14(21)9-5-3-2-4-8-13(20)19-18-11-12-7-6-10-17-15(12)16/h6-7,10-11H,2-5,8-9H2,1H3,(H,19,20)/b18-11+. The molecule has 0 aliphatic heterocycles. The lowest BCUT2D eigenvalue weighted by Gasteiger charge is -2.01. The Hall–Kier alpha value is -1.95. The van der Waals surface area contributed by atoms with Gasteiger partial charge in [0, 0.05) is 24.6 Å². The number of esters is 1. The summed E-state index contributed by atoms with van der Waals surface area (Å²) in [7, 11) is 1.38. The van der Waals surface area contributed by atoms with Gasteiger partial charge in [-0.15, -0.1) is 0 Å². The first-order valence-corrected chi connectivity index (χ1v) is 7.50. The van der Waals surface area contributed by atoms with Crippen molar-refractivity contribution in [2.45, 2.75) is 38.5 Å². The molecule has 0 unspecified atom stereocenters. The number of hydrogen-bond donors (Lipinski definition) is 1. The van der Waals surface area contributed by atoms with Crippen LogP contribution in [0.5, 0.6) is 0 Å². The molecule has 0 aromatic carbocycles. The average molecular weight is 326 g/mol. The van der Waals surface area contributed by atoms with Gasteiger partial charge in [0.05, 0.1) is 13.3 Å². The van der Waals surface area contributed by atoms with Gasteiger partial charge in [0.25, 0.3) is 0 Å². The number of unbranched alkanes of at least 4 members (excludes halogenated alkanes) is 3. The van der Waals surface area contributed by atoms with E-state index in [4.69, 9.17) is 11.6 Å². The van der Waals surface area contributed by atoms with Crippen LogP contribution in [0.25, 0.3) is 0 Å². The maximum absolute atomic E-state index is 11.6. The highest BCUT2D eigenvalue weighted by molar-refractivity contribution is 6.31. The van der Waals surface area contributed by atoms with E-state index in [1.165, 1.54) is 13.3 Å². The summed E-state index contributed by atoms with van der Waals surface area (Å²) in [6, 6.07) is 3.50. The Bertz CT molecular complexity index is 521. The second kappa shape index (κ2) is 10.7. The number of methoxy groups -OCH3 is 1. The minimum Gasteiger partial charge on any atom is -0.469 e. The zero-order chi connectivity index (χ0) is 16.2. The lowest BCUT2D eigenvalue weighted by molar-refractivity contribution is -0.140. The first kappa shape index (κ1) is 18.1. The van der Waals surface area contributed by atoms with E-state index in [2.05, 4.69) is 20.2 Å². The van der Waals surface area contributed by atoms with Gasteiger partial charge in [-0.25, -0.2) is 10.4 Å².